The Morgan fingerprint density at radius 1 is 1.56 bits per heavy atom. The van der Waals surface area contributed by atoms with Crippen LogP contribution < -0.4 is 11.1 Å². The van der Waals surface area contributed by atoms with Crippen molar-refractivity contribution in [3.05, 3.63) is 24.2 Å². The van der Waals surface area contributed by atoms with Crippen molar-refractivity contribution in [3.63, 3.8) is 0 Å². The Balaban J connectivity index is 2.31. The van der Waals surface area contributed by atoms with E-state index in [4.69, 9.17) is 10.2 Å². The van der Waals surface area contributed by atoms with Gasteiger partial charge in [0, 0.05) is 12.6 Å². The van der Waals surface area contributed by atoms with Gasteiger partial charge in [-0.1, -0.05) is 0 Å². The quantitative estimate of drug-likeness (QED) is 0.759. The summed E-state index contributed by atoms with van der Waals surface area (Å²) < 4.78 is 5.16. The first-order valence-corrected chi connectivity index (χ1v) is 6.26. The Labute approximate surface area is 108 Å². The predicted molar refractivity (Wildman–Crippen MR) is 70.9 cm³/mol. The molecule has 1 heterocycles. The number of amides is 1. The molecule has 1 aromatic heterocycles. The maximum absolute atomic E-state index is 11.9. The lowest BCUT2D eigenvalue weighted by molar-refractivity contribution is -0.125. The lowest BCUT2D eigenvalue weighted by Crippen LogP contribution is -2.44. The van der Waals surface area contributed by atoms with Gasteiger partial charge in [0.05, 0.1) is 18.8 Å². The third-order valence-corrected chi connectivity index (χ3v) is 2.99. The number of carbonyl (C=O) groups excluding carboxylic acids is 1. The van der Waals surface area contributed by atoms with Gasteiger partial charge in [0.25, 0.3) is 0 Å². The van der Waals surface area contributed by atoms with Crippen molar-refractivity contribution in [2.24, 2.45) is 5.73 Å². The first kappa shape index (κ1) is 14.7. The monoisotopic (exact) mass is 253 g/mol. The molecule has 0 aromatic carbocycles. The topological polar surface area (TPSA) is 71.5 Å². The van der Waals surface area contributed by atoms with Gasteiger partial charge in [-0.15, -0.1) is 0 Å². The summed E-state index contributed by atoms with van der Waals surface area (Å²) in [5.41, 5.74) is 5.70. The zero-order valence-corrected chi connectivity index (χ0v) is 11.3. The minimum absolute atomic E-state index is 0.00132. The maximum Gasteiger partial charge on any atom is 0.237 e. The fourth-order valence-electron chi connectivity index (χ4n) is 1.54. The van der Waals surface area contributed by atoms with Gasteiger partial charge in [-0.05, 0) is 39.4 Å². The first-order chi connectivity index (χ1) is 8.50. The number of likely N-dealkylation sites (N-methyl/N-ethyl adjacent to an activating group) is 1. The second kappa shape index (κ2) is 7.18. The molecule has 0 bridgehead atoms. The molecule has 5 heteroatoms. The van der Waals surface area contributed by atoms with Crippen molar-refractivity contribution in [1.82, 2.24) is 10.2 Å². The Hall–Kier alpha value is -1.33. The summed E-state index contributed by atoms with van der Waals surface area (Å²) in [6, 6.07) is 3.63. The average molecular weight is 253 g/mol. The molecule has 0 aliphatic heterocycles. The van der Waals surface area contributed by atoms with Crippen LogP contribution in [0.4, 0.5) is 0 Å². The fraction of sp³-hybridized carbons (Fsp3) is 0.615. The van der Waals surface area contributed by atoms with Gasteiger partial charge in [-0.2, -0.15) is 0 Å². The summed E-state index contributed by atoms with van der Waals surface area (Å²) in [7, 11) is 1.93. The van der Waals surface area contributed by atoms with Crippen LogP contribution in [0.3, 0.4) is 0 Å². The standard InChI is InChI=1S/C13H23N3O2/c1-10(14)6-7-16(3)11(2)13(17)15-9-12-5-4-8-18-12/h4-5,8,10-11H,6-7,9,14H2,1-3H3,(H,15,17). The van der Waals surface area contributed by atoms with E-state index in [0.29, 0.717) is 6.54 Å². The Kier molecular flexibility index (Phi) is 5.88. The number of nitrogens with two attached hydrogens (primary N) is 1. The molecule has 2 unspecified atom stereocenters. The van der Waals surface area contributed by atoms with E-state index >= 15 is 0 Å². The smallest absolute Gasteiger partial charge is 0.237 e. The highest BCUT2D eigenvalue weighted by Crippen LogP contribution is 2.02. The number of rotatable bonds is 7. The lowest BCUT2D eigenvalue weighted by atomic mass is 10.2. The minimum Gasteiger partial charge on any atom is -0.467 e. The molecule has 18 heavy (non-hydrogen) atoms. The second-order valence-electron chi connectivity index (χ2n) is 4.72. The molecule has 0 radical (unpaired) electrons. The van der Waals surface area contributed by atoms with E-state index in [1.165, 1.54) is 0 Å². The van der Waals surface area contributed by atoms with Crippen LogP contribution >= 0.6 is 0 Å². The average Bonchev–Trinajstić information content (AvgIpc) is 2.85. The minimum atomic E-state index is -0.168. The zero-order valence-electron chi connectivity index (χ0n) is 11.3. The largest absolute Gasteiger partial charge is 0.467 e. The molecule has 1 amide bonds. The molecule has 0 saturated carbocycles. The molecule has 0 saturated heterocycles. The number of carbonyl (C=O) groups is 1. The Morgan fingerprint density at radius 2 is 2.28 bits per heavy atom. The van der Waals surface area contributed by atoms with Crippen LogP contribution in [0, 0.1) is 0 Å². The predicted octanol–water partition coefficient (Wildman–Crippen LogP) is 0.953. The van der Waals surface area contributed by atoms with Gasteiger partial charge in [-0.3, -0.25) is 9.69 Å². The third-order valence-electron chi connectivity index (χ3n) is 2.99. The lowest BCUT2D eigenvalue weighted by Gasteiger charge is -2.24. The van der Waals surface area contributed by atoms with Gasteiger partial charge < -0.3 is 15.5 Å². The SMILES string of the molecule is CC(N)CCN(C)C(C)C(=O)NCc1ccco1. The van der Waals surface area contributed by atoms with Crippen molar-refractivity contribution >= 4 is 5.91 Å². The molecule has 3 N–H and O–H groups in total. The summed E-state index contributed by atoms with van der Waals surface area (Å²) in [6.07, 6.45) is 2.48. The van der Waals surface area contributed by atoms with E-state index in [-0.39, 0.29) is 18.0 Å². The molecule has 2 atom stereocenters. The molecule has 0 aliphatic rings. The molecule has 0 fully saturated rings. The molecular formula is C13H23N3O2. The summed E-state index contributed by atoms with van der Waals surface area (Å²) >= 11 is 0. The van der Waals surface area contributed by atoms with Gasteiger partial charge in [0.15, 0.2) is 0 Å². The van der Waals surface area contributed by atoms with Crippen LogP contribution in [0.5, 0.6) is 0 Å². The van der Waals surface area contributed by atoms with Crippen LogP contribution in [-0.2, 0) is 11.3 Å². The molecule has 102 valence electrons. The van der Waals surface area contributed by atoms with E-state index in [0.717, 1.165) is 18.7 Å². The second-order valence-corrected chi connectivity index (χ2v) is 4.72. The Bertz CT molecular complexity index is 349. The molecular weight excluding hydrogens is 230 g/mol. The van der Waals surface area contributed by atoms with Crippen LogP contribution in [-0.4, -0.2) is 36.5 Å². The van der Waals surface area contributed by atoms with Crippen molar-refractivity contribution in [3.8, 4) is 0 Å². The molecule has 1 rings (SSSR count). The highest BCUT2D eigenvalue weighted by atomic mass is 16.3. The van der Waals surface area contributed by atoms with Crippen LogP contribution in [0.15, 0.2) is 22.8 Å². The van der Waals surface area contributed by atoms with Gasteiger partial charge in [-0.25, -0.2) is 0 Å². The molecule has 0 spiro atoms. The molecule has 0 aliphatic carbocycles. The summed E-state index contributed by atoms with van der Waals surface area (Å²) in [4.78, 5) is 13.9. The molecule has 1 aromatic rings. The number of hydrogen-bond acceptors (Lipinski definition) is 4. The highest BCUT2D eigenvalue weighted by Gasteiger charge is 2.17. The van der Waals surface area contributed by atoms with Gasteiger partial charge in [0.1, 0.15) is 5.76 Å². The number of nitrogens with zero attached hydrogens (tertiary/aromatic N) is 1. The highest BCUT2D eigenvalue weighted by molar-refractivity contribution is 5.81. The van der Waals surface area contributed by atoms with E-state index < -0.39 is 0 Å². The van der Waals surface area contributed by atoms with E-state index in [1.54, 1.807) is 12.3 Å². The van der Waals surface area contributed by atoms with E-state index in [1.807, 2.05) is 31.9 Å². The van der Waals surface area contributed by atoms with Crippen molar-refractivity contribution in [1.29, 1.82) is 0 Å². The first-order valence-electron chi connectivity index (χ1n) is 6.26. The van der Waals surface area contributed by atoms with Crippen molar-refractivity contribution in [2.45, 2.75) is 38.9 Å². The number of furan rings is 1. The van der Waals surface area contributed by atoms with E-state index in [9.17, 15) is 4.79 Å². The number of nitrogens with one attached hydrogen (secondary N) is 1. The third kappa shape index (κ3) is 4.89. The van der Waals surface area contributed by atoms with Crippen LogP contribution in [0.25, 0.3) is 0 Å². The van der Waals surface area contributed by atoms with Crippen LogP contribution in [0.1, 0.15) is 26.0 Å². The van der Waals surface area contributed by atoms with Crippen molar-refractivity contribution < 1.29 is 9.21 Å². The zero-order chi connectivity index (χ0) is 13.5. The molecule has 5 nitrogen and oxygen atoms in total. The summed E-state index contributed by atoms with van der Waals surface area (Å²) in [6.45, 7) is 5.10. The summed E-state index contributed by atoms with van der Waals surface area (Å²) in [5, 5.41) is 2.85. The van der Waals surface area contributed by atoms with Gasteiger partial charge in [0.2, 0.25) is 5.91 Å². The van der Waals surface area contributed by atoms with Crippen LogP contribution in [0.2, 0.25) is 0 Å². The normalized spacial score (nSPS) is 14.5. The van der Waals surface area contributed by atoms with Gasteiger partial charge >= 0.3 is 0 Å². The van der Waals surface area contributed by atoms with E-state index in [2.05, 4.69) is 5.32 Å². The summed E-state index contributed by atoms with van der Waals surface area (Å²) in [5.74, 6) is 0.757. The fourth-order valence-corrected chi connectivity index (χ4v) is 1.54. The maximum atomic E-state index is 11.9. The number of hydrogen-bond donors (Lipinski definition) is 2. The Morgan fingerprint density at radius 3 is 2.83 bits per heavy atom. The van der Waals surface area contributed by atoms with Crippen molar-refractivity contribution in [2.75, 3.05) is 13.6 Å².